The van der Waals surface area contributed by atoms with Crippen LogP contribution in [0.4, 0.5) is 0 Å². The highest BCUT2D eigenvalue weighted by atomic mass is 31.2. The van der Waals surface area contributed by atoms with Gasteiger partial charge in [-0.15, -0.1) is 0 Å². The molecular weight excluding hydrogens is 691 g/mol. The molecule has 0 saturated carbocycles. The predicted octanol–water partition coefficient (Wildman–Crippen LogP) is 11.6. The van der Waals surface area contributed by atoms with Crippen LogP contribution in [0.2, 0.25) is 0 Å². The maximum atomic E-state index is 12.4. The van der Waals surface area contributed by atoms with E-state index in [1.54, 1.807) is 0 Å². The first-order valence-corrected chi connectivity index (χ1v) is 22.4. The monoisotopic (exact) mass is 769 g/mol. The van der Waals surface area contributed by atoms with E-state index in [0.29, 0.717) is 19.3 Å². The molecule has 308 valence electrons. The Labute approximate surface area is 323 Å². The predicted molar refractivity (Wildman–Crippen MR) is 217 cm³/mol. The molecule has 53 heavy (non-hydrogen) atoms. The van der Waals surface area contributed by atoms with Crippen LogP contribution in [0.15, 0.2) is 48.6 Å². The van der Waals surface area contributed by atoms with Crippen molar-refractivity contribution in [1.82, 2.24) is 0 Å². The fourth-order valence-electron chi connectivity index (χ4n) is 5.72. The van der Waals surface area contributed by atoms with Crippen LogP contribution in [0.25, 0.3) is 0 Å². The molecule has 0 aliphatic rings. The Morgan fingerprint density at radius 3 is 1.74 bits per heavy atom. The van der Waals surface area contributed by atoms with E-state index in [0.717, 1.165) is 57.3 Å². The molecule has 0 radical (unpaired) electrons. The first-order chi connectivity index (χ1) is 25.5. The second kappa shape index (κ2) is 36.9. The Balaban J connectivity index is 4.05. The third-order valence-corrected chi connectivity index (χ3v) is 9.37. The number of phosphoric ester groups is 1. The zero-order valence-corrected chi connectivity index (χ0v) is 34.6. The van der Waals surface area contributed by atoms with Gasteiger partial charge in [-0.3, -0.25) is 14.1 Å². The summed E-state index contributed by atoms with van der Waals surface area (Å²) in [4.78, 5) is 42.8. The molecule has 0 aliphatic carbocycles. The number of allylic oxidation sites excluding steroid dienone is 7. The van der Waals surface area contributed by atoms with Gasteiger partial charge in [-0.1, -0.05) is 179 Å². The summed E-state index contributed by atoms with van der Waals surface area (Å²) in [6.45, 7) is 5.86. The van der Waals surface area contributed by atoms with Crippen LogP contribution in [-0.4, -0.2) is 52.3 Å². The number of hydrogen-bond donors (Lipinski definition) is 3. The van der Waals surface area contributed by atoms with Crippen molar-refractivity contribution in [3.63, 3.8) is 0 Å². The Hall–Kier alpha value is -2.03. The molecule has 0 heterocycles. The Bertz CT molecular complexity index is 1030. The molecule has 0 bridgehead atoms. The van der Waals surface area contributed by atoms with Crippen molar-refractivity contribution in [3.05, 3.63) is 48.6 Å². The van der Waals surface area contributed by atoms with Crippen molar-refractivity contribution in [2.45, 2.75) is 193 Å². The molecule has 0 fully saturated rings. The molecule has 10 heteroatoms. The molecule has 0 aromatic rings. The number of phosphoric acid groups is 1. The number of unbranched alkanes of at least 4 members (excludes halogenated alkanes) is 16. The largest absolute Gasteiger partial charge is 0.469 e. The van der Waals surface area contributed by atoms with E-state index in [1.165, 1.54) is 77.0 Å². The van der Waals surface area contributed by atoms with Gasteiger partial charge in [-0.05, 0) is 44.4 Å². The zero-order chi connectivity index (χ0) is 39.3. The van der Waals surface area contributed by atoms with E-state index < -0.39 is 32.5 Å². The summed E-state index contributed by atoms with van der Waals surface area (Å²) in [5, 5.41) is 9.87. The van der Waals surface area contributed by atoms with Crippen LogP contribution in [0.1, 0.15) is 181 Å². The van der Waals surface area contributed by atoms with E-state index >= 15 is 0 Å². The van der Waals surface area contributed by atoms with Crippen molar-refractivity contribution < 1.29 is 43.0 Å². The number of aliphatic hydroxyl groups is 1. The Morgan fingerprint density at radius 1 is 0.623 bits per heavy atom. The van der Waals surface area contributed by atoms with Gasteiger partial charge in [0.15, 0.2) is 6.10 Å². The van der Waals surface area contributed by atoms with Crippen LogP contribution in [-0.2, 0) is 28.2 Å². The minimum absolute atomic E-state index is 0.116. The molecule has 0 rings (SSSR count). The average molecular weight is 769 g/mol. The molecule has 9 nitrogen and oxygen atoms in total. The maximum absolute atomic E-state index is 12.4. The topological polar surface area (TPSA) is 140 Å². The molecule has 2 atom stereocenters. The first-order valence-electron chi connectivity index (χ1n) is 20.9. The van der Waals surface area contributed by atoms with Crippen molar-refractivity contribution >= 4 is 19.8 Å². The minimum atomic E-state index is -4.78. The van der Waals surface area contributed by atoms with Gasteiger partial charge >= 0.3 is 19.8 Å². The van der Waals surface area contributed by atoms with Gasteiger partial charge in [-0.25, -0.2) is 4.57 Å². The van der Waals surface area contributed by atoms with Gasteiger partial charge in [0, 0.05) is 12.8 Å². The third kappa shape index (κ3) is 41.0. The van der Waals surface area contributed by atoms with E-state index in [1.807, 2.05) is 36.5 Å². The highest BCUT2D eigenvalue weighted by Gasteiger charge is 2.22. The number of ether oxygens (including phenoxy) is 2. The second-order valence-electron chi connectivity index (χ2n) is 14.6. The summed E-state index contributed by atoms with van der Waals surface area (Å²) in [6, 6.07) is 0. The fraction of sp³-hybridized carbons (Fsp3) is 0.767. The molecule has 0 amide bonds. The molecule has 0 aliphatic heterocycles. The van der Waals surface area contributed by atoms with Gasteiger partial charge in [0.25, 0.3) is 0 Å². The van der Waals surface area contributed by atoms with Crippen LogP contribution in [0.5, 0.6) is 0 Å². The number of rotatable bonds is 37. The number of esters is 2. The van der Waals surface area contributed by atoms with Gasteiger partial charge in [0.05, 0.1) is 12.7 Å². The van der Waals surface area contributed by atoms with Crippen molar-refractivity contribution in [1.29, 1.82) is 0 Å². The lowest BCUT2D eigenvalue weighted by Gasteiger charge is -2.18. The number of carbonyl (C=O) groups excluding carboxylic acids is 2. The lowest BCUT2D eigenvalue weighted by Crippen LogP contribution is -2.29. The summed E-state index contributed by atoms with van der Waals surface area (Å²) in [7, 11) is -4.78. The third-order valence-electron chi connectivity index (χ3n) is 8.88. The van der Waals surface area contributed by atoms with Crippen LogP contribution in [0, 0.1) is 5.92 Å². The van der Waals surface area contributed by atoms with Crippen molar-refractivity contribution in [2.24, 2.45) is 5.92 Å². The number of aliphatic hydroxyl groups excluding tert-OH is 1. The Morgan fingerprint density at radius 2 is 1.15 bits per heavy atom. The standard InChI is InChI=1S/C43H77O9P/c1-4-5-27-33-40(44)34-29-24-20-16-12-10-14-18-22-26-31-36-43(46)52-41(38-51-53(47,48)49)37-50-42(45)35-30-25-21-17-13-9-7-6-8-11-15-19-23-28-32-39(2)3/h10,12,18,20,22,24,29,34,39-41,44H,4-9,11,13-17,19,21,23,25-28,30-33,35-38H2,1-3H3,(H2,47,48,49)/b12-10-,22-18-,24-20-,34-29+/t40-,41+/m0/s1. The summed E-state index contributed by atoms with van der Waals surface area (Å²) in [6.07, 6.45) is 40.2. The SMILES string of the molecule is CCCCC[C@H](O)/C=C/C=C\C/C=C\C/C=C\CCCC(=O)O[C@H](COC(=O)CCCCCCCCCCCCCCCCC(C)C)COP(=O)(O)O. The summed E-state index contributed by atoms with van der Waals surface area (Å²) < 4.78 is 26.3. The van der Waals surface area contributed by atoms with E-state index in [4.69, 9.17) is 19.3 Å². The van der Waals surface area contributed by atoms with Gasteiger partial charge < -0.3 is 24.4 Å². The molecule has 3 N–H and O–H groups in total. The molecule has 0 aromatic carbocycles. The van der Waals surface area contributed by atoms with Crippen LogP contribution in [0.3, 0.4) is 0 Å². The van der Waals surface area contributed by atoms with Crippen molar-refractivity contribution in [2.75, 3.05) is 13.2 Å². The highest BCUT2D eigenvalue weighted by molar-refractivity contribution is 7.46. The lowest BCUT2D eigenvalue weighted by atomic mass is 10.0. The minimum Gasteiger partial charge on any atom is -0.462 e. The fourth-order valence-corrected chi connectivity index (χ4v) is 6.08. The van der Waals surface area contributed by atoms with Gasteiger partial charge in [0.1, 0.15) is 6.61 Å². The zero-order valence-electron chi connectivity index (χ0n) is 33.7. The molecule has 0 saturated heterocycles. The number of hydrogen-bond acceptors (Lipinski definition) is 7. The maximum Gasteiger partial charge on any atom is 0.469 e. The molecule has 0 aromatic heterocycles. The summed E-state index contributed by atoms with van der Waals surface area (Å²) >= 11 is 0. The Kier molecular flexibility index (Phi) is 35.5. The normalized spacial score (nSPS) is 13.6. The quantitative estimate of drug-likeness (QED) is 0.0185. The first kappa shape index (κ1) is 51.0. The highest BCUT2D eigenvalue weighted by Crippen LogP contribution is 2.36. The van der Waals surface area contributed by atoms with Crippen molar-refractivity contribution in [3.8, 4) is 0 Å². The lowest BCUT2D eigenvalue weighted by molar-refractivity contribution is -0.161. The average Bonchev–Trinajstić information content (AvgIpc) is 3.10. The van der Waals surface area contributed by atoms with E-state index in [-0.39, 0.29) is 25.6 Å². The number of carbonyl (C=O) groups is 2. The molecular formula is C43H77O9P. The second-order valence-corrected chi connectivity index (χ2v) is 15.9. The molecule has 0 unspecified atom stereocenters. The van der Waals surface area contributed by atoms with Gasteiger partial charge in [-0.2, -0.15) is 0 Å². The summed E-state index contributed by atoms with van der Waals surface area (Å²) in [5.74, 6) is -0.149. The van der Waals surface area contributed by atoms with Crippen LogP contribution < -0.4 is 0 Å². The van der Waals surface area contributed by atoms with Gasteiger partial charge in [0.2, 0.25) is 0 Å². The van der Waals surface area contributed by atoms with E-state index in [9.17, 15) is 19.3 Å². The smallest absolute Gasteiger partial charge is 0.462 e. The summed E-state index contributed by atoms with van der Waals surface area (Å²) in [5.41, 5.74) is 0. The van der Waals surface area contributed by atoms with E-state index in [2.05, 4.69) is 37.4 Å². The molecule has 0 spiro atoms. The van der Waals surface area contributed by atoms with Crippen LogP contribution >= 0.6 is 7.82 Å².